The van der Waals surface area contributed by atoms with Gasteiger partial charge in [0.1, 0.15) is 0 Å². The number of aryl methyl sites for hydroxylation is 1. The molecule has 3 aliphatic rings. The number of rotatable bonds is 6. The van der Waals surface area contributed by atoms with E-state index in [0.29, 0.717) is 0 Å². The third kappa shape index (κ3) is 7.61. The summed E-state index contributed by atoms with van der Waals surface area (Å²) < 4.78 is 2.72. The van der Waals surface area contributed by atoms with Crippen LogP contribution in [-0.4, -0.2) is 6.71 Å². The van der Waals surface area contributed by atoms with Gasteiger partial charge in [0.05, 0.1) is 11.4 Å². The van der Waals surface area contributed by atoms with E-state index in [-0.39, 0.29) is 28.4 Å². The summed E-state index contributed by atoms with van der Waals surface area (Å²) in [5.41, 5.74) is 22.8. The number of hydrogen-bond acceptors (Lipinski definition) is 4. The Morgan fingerprint density at radius 3 is 1.65 bits per heavy atom. The molecule has 12 rings (SSSR count). The van der Waals surface area contributed by atoms with E-state index in [1.54, 1.807) is 0 Å². The lowest BCUT2D eigenvalue weighted by Crippen LogP contribution is -2.61. The Bertz CT molecular complexity index is 3540. The first-order valence-electron chi connectivity index (χ1n) is 26.1. The van der Waals surface area contributed by atoms with Crippen molar-refractivity contribution in [2.45, 2.75) is 111 Å². The lowest BCUT2D eigenvalue weighted by Gasteiger charge is -2.47. The zero-order valence-corrected chi connectivity index (χ0v) is 44.8. The van der Waals surface area contributed by atoms with Crippen LogP contribution in [0.5, 0.6) is 0 Å². The second-order valence-electron chi connectivity index (χ2n) is 24.2. The highest BCUT2D eigenvalue weighted by Crippen LogP contribution is 2.54. The number of nitrogens with zero attached hydrogens (tertiary/aromatic N) is 3. The van der Waals surface area contributed by atoms with E-state index in [9.17, 15) is 0 Å². The minimum atomic E-state index is -0.0275. The molecule has 0 amide bonds. The summed E-state index contributed by atoms with van der Waals surface area (Å²) in [4.78, 5) is 7.75. The van der Waals surface area contributed by atoms with Crippen molar-refractivity contribution < 1.29 is 0 Å². The van der Waals surface area contributed by atoms with Crippen LogP contribution < -0.4 is 30.4 Å². The highest BCUT2D eigenvalue weighted by Gasteiger charge is 2.48. The molecule has 5 heteroatoms. The van der Waals surface area contributed by atoms with Gasteiger partial charge in [0.25, 0.3) is 6.71 Å². The molecule has 0 saturated heterocycles. The number of fused-ring (bicyclic) bond motifs is 7. The highest BCUT2D eigenvalue weighted by molar-refractivity contribution is 7.33. The number of para-hydroxylation sites is 1. The molecule has 1 aliphatic carbocycles. The van der Waals surface area contributed by atoms with Gasteiger partial charge in [-0.05, 0) is 165 Å². The molecule has 9 aromatic rings. The summed E-state index contributed by atoms with van der Waals surface area (Å²) in [7, 11) is 0. The lowest BCUT2D eigenvalue weighted by atomic mass is 9.35. The van der Waals surface area contributed by atoms with Gasteiger partial charge in [0.2, 0.25) is 0 Å². The fourth-order valence-corrected chi connectivity index (χ4v) is 13.2. The number of benzene rings is 8. The van der Waals surface area contributed by atoms with Gasteiger partial charge in [-0.2, -0.15) is 0 Å². The van der Waals surface area contributed by atoms with E-state index in [1.165, 1.54) is 93.2 Å². The van der Waals surface area contributed by atoms with Gasteiger partial charge in [-0.1, -0.05) is 172 Å². The van der Waals surface area contributed by atoms with Gasteiger partial charge in [-0.3, -0.25) is 0 Å². The maximum Gasteiger partial charge on any atom is 0.264 e. The van der Waals surface area contributed by atoms with E-state index in [0.717, 1.165) is 35.6 Å². The standard InChI is InChI=1S/C67H66BN3S/c1-43-22-29-49(30-23-43)69(48-20-16-13-17-21-48)52-39-58-61-59(40-52)71(51-31-24-45(25-32-51)44-18-14-12-15-19-44)62-53-38-47(65(5,6)7)28-35-60(53)72-63(62)68(61)56-41-54-55(67(10,11)37-36-66(54,8)9)42-57(56)70(58)50-33-26-46(27-34-50)64(2,3)4/h12-35,38-42H,36-37H2,1-11H3. The maximum atomic E-state index is 2.68. The average Bonchev–Trinajstić information content (AvgIpc) is 3.74. The Balaban J connectivity index is 1.23. The van der Waals surface area contributed by atoms with E-state index in [4.69, 9.17) is 0 Å². The summed E-state index contributed by atoms with van der Waals surface area (Å²) >= 11 is 1.99. The third-order valence-electron chi connectivity index (χ3n) is 16.3. The van der Waals surface area contributed by atoms with Crippen molar-refractivity contribution in [3.8, 4) is 11.1 Å². The van der Waals surface area contributed by atoms with Gasteiger partial charge in [0.15, 0.2) is 0 Å². The zero-order valence-electron chi connectivity index (χ0n) is 44.0. The molecule has 3 heterocycles. The van der Waals surface area contributed by atoms with Crippen molar-refractivity contribution in [2.75, 3.05) is 14.7 Å². The molecule has 0 fully saturated rings. The van der Waals surface area contributed by atoms with Gasteiger partial charge < -0.3 is 14.7 Å². The van der Waals surface area contributed by atoms with Crippen LogP contribution in [0, 0.1) is 6.92 Å². The monoisotopic (exact) mass is 956 g/mol. The Kier molecular flexibility index (Phi) is 10.7. The SMILES string of the molecule is Cc1ccc(N(c2ccccc2)c2cc3c4c(c2)N(c2ccc(-c5ccccc5)cc2)c2c(sc5ccc(C(C)(C)C)cc25)B4c2cc4c(cc2N3c2ccc(C(C)(C)C)cc2)C(C)(C)CCC4(C)C)cc1. The van der Waals surface area contributed by atoms with Crippen molar-refractivity contribution in [3.05, 3.63) is 204 Å². The predicted octanol–water partition coefficient (Wildman–Crippen LogP) is 17.4. The summed E-state index contributed by atoms with van der Waals surface area (Å²) in [6.07, 6.45) is 2.31. The van der Waals surface area contributed by atoms with E-state index in [1.807, 2.05) is 11.3 Å². The van der Waals surface area contributed by atoms with Gasteiger partial charge in [-0.15, -0.1) is 11.3 Å². The number of thiophene rings is 1. The fraction of sp³-hybridized carbons (Fsp3) is 0.254. The summed E-state index contributed by atoms with van der Waals surface area (Å²) in [5.74, 6) is 0. The second kappa shape index (κ2) is 16.6. The molecule has 0 radical (unpaired) electrons. The fourth-order valence-electron chi connectivity index (χ4n) is 11.9. The Morgan fingerprint density at radius 1 is 0.500 bits per heavy atom. The predicted molar refractivity (Wildman–Crippen MR) is 313 cm³/mol. The van der Waals surface area contributed by atoms with Crippen LogP contribution in [0.25, 0.3) is 21.2 Å². The molecule has 8 aromatic carbocycles. The summed E-state index contributed by atoms with van der Waals surface area (Å²) in [6.45, 7) is 26.1. The van der Waals surface area contributed by atoms with Crippen LogP contribution in [0.15, 0.2) is 176 Å². The van der Waals surface area contributed by atoms with Crippen molar-refractivity contribution in [1.82, 2.24) is 0 Å². The Hall–Kier alpha value is -6.82. The minimum absolute atomic E-state index is 0.00911. The molecule has 0 bridgehead atoms. The smallest absolute Gasteiger partial charge is 0.264 e. The topological polar surface area (TPSA) is 9.72 Å². The average molecular weight is 956 g/mol. The molecule has 0 spiro atoms. The van der Waals surface area contributed by atoms with Crippen molar-refractivity contribution >= 4 is 95.0 Å². The first kappa shape index (κ1) is 46.3. The molecular weight excluding hydrogens is 890 g/mol. The van der Waals surface area contributed by atoms with Gasteiger partial charge in [0, 0.05) is 54.7 Å². The molecule has 1 aromatic heterocycles. The molecular formula is C67H66BN3S. The molecule has 0 atom stereocenters. The largest absolute Gasteiger partial charge is 0.311 e. The molecule has 2 aliphatic heterocycles. The molecule has 72 heavy (non-hydrogen) atoms. The van der Waals surface area contributed by atoms with Crippen LogP contribution >= 0.6 is 11.3 Å². The van der Waals surface area contributed by atoms with Crippen LogP contribution in [0.1, 0.15) is 110 Å². The van der Waals surface area contributed by atoms with Crippen molar-refractivity contribution in [2.24, 2.45) is 0 Å². The number of anilines is 9. The second-order valence-corrected chi connectivity index (χ2v) is 25.3. The quantitative estimate of drug-likeness (QED) is 0.154. The summed E-state index contributed by atoms with van der Waals surface area (Å²) in [6, 6.07) is 67.3. The first-order chi connectivity index (χ1) is 34.4. The van der Waals surface area contributed by atoms with Crippen molar-refractivity contribution in [1.29, 1.82) is 0 Å². The molecule has 0 saturated carbocycles. The minimum Gasteiger partial charge on any atom is -0.311 e. The van der Waals surface area contributed by atoms with Crippen molar-refractivity contribution in [3.63, 3.8) is 0 Å². The van der Waals surface area contributed by atoms with E-state index < -0.39 is 0 Å². The van der Waals surface area contributed by atoms with Crippen LogP contribution in [0.2, 0.25) is 0 Å². The molecule has 0 unspecified atom stereocenters. The van der Waals surface area contributed by atoms with Gasteiger partial charge >= 0.3 is 0 Å². The lowest BCUT2D eigenvalue weighted by molar-refractivity contribution is 0.332. The van der Waals surface area contributed by atoms with E-state index >= 15 is 0 Å². The first-order valence-corrected chi connectivity index (χ1v) is 26.9. The molecule has 3 nitrogen and oxygen atoms in total. The highest BCUT2D eigenvalue weighted by atomic mass is 32.1. The van der Waals surface area contributed by atoms with Crippen LogP contribution in [0.4, 0.5) is 51.2 Å². The van der Waals surface area contributed by atoms with Gasteiger partial charge in [-0.25, -0.2) is 0 Å². The third-order valence-corrected chi connectivity index (χ3v) is 17.5. The molecule has 358 valence electrons. The Morgan fingerprint density at radius 2 is 1.03 bits per heavy atom. The number of hydrogen-bond donors (Lipinski definition) is 0. The van der Waals surface area contributed by atoms with Crippen LogP contribution in [0.3, 0.4) is 0 Å². The zero-order chi connectivity index (χ0) is 50.1. The maximum absolute atomic E-state index is 2.68. The van der Waals surface area contributed by atoms with Crippen LogP contribution in [-0.2, 0) is 21.7 Å². The normalized spacial score (nSPS) is 15.5. The molecule has 0 N–H and O–H groups in total. The Labute approximate surface area is 432 Å². The summed E-state index contributed by atoms with van der Waals surface area (Å²) in [5, 5.41) is 1.31. The van der Waals surface area contributed by atoms with E-state index in [2.05, 4.69) is 267 Å².